The van der Waals surface area contributed by atoms with E-state index in [1.165, 1.54) is 37.8 Å². The van der Waals surface area contributed by atoms with Crippen LogP contribution in [0.15, 0.2) is 30.3 Å². The predicted molar refractivity (Wildman–Crippen MR) is 99.6 cm³/mol. The van der Waals surface area contributed by atoms with E-state index in [0.29, 0.717) is 18.2 Å². The standard InChI is InChI=1S/C21H29FN2O/c22-20-10-7-18(8-11-20)5-3-13-23-14-4-6-19(17-23)9-12-21(25)24-15-1-2-16-24/h3,5,7-8,10-11,19H,1-2,4,6,9,12-17H2/b5-3+/t19-/m1/s1. The summed E-state index contributed by atoms with van der Waals surface area (Å²) in [5, 5.41) is 0. The van der Waals surface area contributed by atoms with Crippen molar-refractivity contribution in [3.63, 3.8) is 0 Å². The number of likely N-dealkylation sites (tertiary alicyclic amines) is 2. The summed E-state index contributed by atoms with van der Waals surface area (Å²) in [6, 6.07) is 6.59. The summed E-state index contributed by atoms with van der Waals surface area (Å²) < 4.78 is 12.9. The second-order valence-corrected chi connectivity index (χ2v) is 7.35. The minimum absolute atomic E-state index is 0.195. The Morgan fingerprint density at radius 2 is 1.88 bits per heavy atom. The lowest BCUT2D eigenvalue weighted by Crippen LogP contribution is -2.36. The number of rotatable bonds is 6. The molecule has 25 heavy (non-hydrogen) atoms. The topological polar surface area (TPSA) is 23.6 Å². The third kappa shape index (κ3) is 5.67. The summed E-state index contributed by atoms with van der Waals surface area (Å²) >= 11 is 0. The van der Waals surface area contributed by atoms with Gasteiger partial charge in [0.25, 0.3) is 0 Å². The summed E-state index contributed by atoms with van der Waals surface area (Å²) in [4.78, 5) is 16.7. The van der Waals surface area contributed by atoms with Crippen LogP contribution < -0.4 is 0 Å². The Morgan fingerprint density at radius 1 is 1.12 bits per heavy atom. The largest absolute Gasteiger partial charge is 0.343 e. The van der Waals surface area contributed by atoms with Crippen molar-refractivity contribution in [2.45, 2.75) is 38.5 Å². The van der Waals surface area contributed by atoms with Crippen molar-refractivity contribution < 1.29 is 9.18 Å². The van der Waals surface area contributed by atoms with Gasteiger partial charge in [-0.2, -0.15) is 0 Å². The Morgan fingerprint density at radius 3 is 2.64 bits per heavy atom. The highest BCUT2D eigenvalue weighted by molar-refractivity contribution is 5.76. The van der Waals surface area contributed by atoms with Crippen LogP contribution in [0.5, 0.6) is 0 Å². The Hall–Kier alpha value is -1.68. The molecule has 0 radical (unpaired) electrons. The number of hydrogen-bond acceptors (Lipinski definition) is 2. The zero-order valence-electron chi connectivity index (χ0n) is 15.0. The van der Waals surface area contributed by atoms with Crippen molar-refractivity contribution in [3.05, 3.63) is 41.7 Å². The van der Waals surface area contributed by atoms with Gasteiger partial charge in [-0.1, -0.05) is 24.3 Å². The molecule has 2 heterocycles. The number of carbonyl (C=O) groups excluding carboxylic acids is 1. The maximum Gasteiger partial charge on any atom is 0.222 e. The summed E-state index contributed by atoms with van der Waals surface area (Å²) in [6.45, 7) is 5.06. The average Bonchev–Trinajstić information content (AvgIpc) is 3.17. The van der Waals surface area contributed by atoms with Crippen molar-refractivity contribution in [2.24, 2.45) is 5.92 Å². The van der Waals surface area contributed by atoms with E-state index in [2.05, 4.69) is 17.1 Å². The first kappa shape index (κ1) is 18.1. The highest BCUT2D eigenvalue weighted by Crippen LogP contribution is 2.22. The molecule has 2 saturated heterocycles. The first-order chi connectivity index (χ1) is 12.2. The minimum atomic E-state index is -0.195. The van der Waals surface area contributed by atoms with E-state index in [-0.39, 0.29) is 5.82 Å². The van der Waals surface area contributed by atoms with Crippen molar-refractivity contribution >= 4 is 12.0 Å². The van der Waals surface area contributed by atoms with Gasteiger partial charge < -0.3 is 4.90 Å². The molecule has 1 atom stereocenters. The zero-order valence-corrected chi connectivity index (χ0v) is 15.0. The van der Waals surface area contributed by atoms with Gasteiger partial charge in [-0.3, -0.25) is 9.69 Å². The Kier molecular flexibility index (Phi) is 6.62. The molecule has 2 aliphatic heterocycles. The van der Waals surface area contributed by atoms with Crippen LogP contribution in [-0.2, 0) is 4.79 Å². The molecule has 136 valence electrons. The van der Waals surface area contributed by atoms with Crippen molar-refractivity contribution in [3.8, 4) is 0 Å². The molecule has 3 rings (SSSR count). The van der Waals surface area contributed by atoms with Crippen molar-refractivity contribution in [2.75, 3.05) is 32.7 Å². The van der Waals surface area contributed by atoms with Crippen molar-refractivity contribution in [1.29, 1.82) is 0 Å². The van der Waals surface area contributed by atoms with E-state index >= 15 is 0 Å². The van der Waals surface area contributed by atoms with E-state index in [9.17, 15) is 9.18 Å². The van der Waals surface area contributed by atoms with E-state index in [4.69, 9.17) is 0 Å². The molecule has 0 saturated carbocycles. The van der Waals surface area contributed by atoms with Crippen LogP contribution in [0.1, 0.15) is 44.1 Å². The lowest BCUT2D eigenvalue weighted by molar-refractivity contribution is -0.130. The van der Waals surface area contributed by atoms with Crippen LogP contribution in [0, 0.1) is 11.7 Å². The molecule has 3 nitrogen and oxygen atoms in total. The average molecular weight is 344 g/mol. The maximum atomic E-state index is 12.9. The molecule has 1 aromatic carbocycles. The van der Waals surface area contributed by atoms with E-state index < -0.39 is 0 Å². The van der Waals surface area contributed by atoms with E-state index in [1.54, 1.807) is 12.1 Å². The fourth-order valence-electron chi connectivity index (χ4n) is 3.92. The third-order valence-electron chi connectivity index (χ3n) is 5.37. The molecule has 0 aliphatic carbocycles. The second kappa shape index (κ2) is 9.14. The number of halogens is 1. The monoisotopic (exact) mass is 344 g/mol. The van der Waals surface area contributed by atoms with Crippen molar-refractivity contribution in [1.82, 2.24) is 9.80 Å². The maximum absolute atomic E-state index is 12.9. The van der Waals surface area contributed by atoms with Crippen LogP contribution >= 0.6 is 0 Å². The normalized spacial score (nSPS) is 22.0. The summed E-state index contributed by atoms with van der Waals surface area (Å²) in [5.41, 5.74) is 1.03. The molecule has 0 aromatic heterocycles. The number of carbonyl (C=O) groups is 1. The van der Waals surface area contributed by atoms with E-state index in [1.807, 2.05) is 4.90 Å². The van der Waals surface area contributed by atoms with Crippen LogP contribution in [0.25, 0.3) is 6.08 Å². The Bertz CT molecular complexity index is 578. The number of benzene rings is 1. The first-order valence-electron chi connectivity index (χ1n) is 9.63. The molecule has 1 amide bonds. The predicted octanol–water partition coefficient (Wildman–Crippen LogP) is 3.95. The number of hydrogen-bond donors (Lipinski definition) is 0. The smallest absolute Gasteiger partial charge is 0.222 e. The molecule has 0 spiro atoms. The van der Waals surface area contributed by atoms with Crippen LogP contribution in [0.2, 0.25) is 0 Å². The molecular formula is C21H29FN2O. The van der Waals surface area contributed by atoms with Gasteiger partial charge >= 0.3 is 0 Å². The van der Waals surface area contributed by atoms with Gasteiger partial charge in [0, 0.05) is 32.6 Å². The van der Waals surface area contributed by atoms with E-state index in [0.717, 1.165) is 44.7 Å². The van der Waals surface area contributed by atoms with Gasteiger partial charge in [0.2, 0.25) is 5.91 Å². The molecule has 0 unspecified atom stereocenters. The summed E-state index contributed by atoms with van der Waals surface area (Å²) in [6.07, 6.45) is 10.7. The fourth-order valence-corrected chi connectivity index (χ4v) is 3.92. The molecule has 1 aromatic rings. The minimum Gasteiger partial charge on any atom is -0.343 e. The third-order valence-corrected chi connectivity index (χ3v) is 5.37. The zero-order chi connectivity index (χ0) is 17.5. The van der Waals surface area contributed by atoms with Gasteiger partial charge in [-0.25, -0.2) is 4.39 Å². The van der Waals surface area contributed by atoms with Crippen LogP contribution in [0.3, 0.4) is 0 Å². The molecule has 2 fully saturated rings. The second-order valence-electron chi connectivity index (χ2n) is 7.35. The number of nitrogens with zero attached hydrogens (tertiary/aromatic N) is 2. The first-order valence-corrected chi connectivity index (χ1v) is 9.63. The SMILES string of the molecule is O=C(CC[C@H]1CCCN(C/C=C/c2ccc(F)cc2)C1)N1CCCC1. The number of piperidine rings is 1. The quantitative estimate of drug-likeness (QED) is 0.780. The van der Waals surface area contributed by atoms with Crippen LogP contribution in [-0.4, -0.2) is 48.4 Å². The highest BCUT2D eigenvalue weighted by atomic mass is 19.1. The lowest BCUT2D eigenvalue weighted by Gasteiger charge is -2.32. The van der Waals surface area contributed by atoms with Gasteiger partial charge in [-0.05, 0) is 62.3 Å². The molecular weight excluding hydrogens is 315 g/mol. The molecule has 0 bridgehead atoms. The van der Waals surface area contributed by atoms with Gasteiger partial charge in [0.05, 0.1) is 0 Å². The summed E-state index contributed by atoms with van der Waals surface area (Å²) in [5.74, 6) is 0.796. The lowest BCUT2D eigenvalue weighted by atomic mass is 9.93. The molecule has 4 heteroatoms. The van der Waals surface area contributed by atoms with Crippen LogP contribution in [0.4, 0.5) is 4.39 Å². The summed E-state index contributed by atoms with van der Waals surface area (Å²) in [7, 11) is 0. The highest BCUT2D eigenvalue weighted by Gasteiger charge is 2.22. The van der Waals surface area contributed by atoms with Gasteiger partial charge in [-0.15, -0.1) is 0 Å². The Balaban J connectivity index is 1.40. The van der Waals surface area contributed by atoms with Gasteiger partial charge in [0.1, 0.15) is 5.82 Å². The molecule has 0 N–H and O–H groups in total. The Labute approximate surface area is 150 Å². The van der Waals surface area contributed by atoms with Gasteiger partial charge in [0.15, 0.2) is 0 Å². The molecule has 2 aliphatic rings. The number of amides is 1. The fraction of sp³-hybridized carbons (Fsp3) is 0.571.